The molecule has 0 spiro atoms. The van der Waals surface area contributed by atoms with Crippen LogP contribution in [0.5, 0.6) is 0 Å². The van der Waals surface area contributed by atoms with Gasteiger partial charge in [-0.3, -0.25) is 5.32 Å². The molecule has 0 radical (unpaired) electrons. The molecule has 0 aromatic heterocycles. The van der Waals surface area contributed by atoms with Gasteiger partial charge in [-0.05, 0) is 30.0 Å². The van der Waals surface area contributed by atoms with Crippen LogP contribution in [0.2, 0.25) is 0 Å². The fourth-order valence-electron chi connectivity index (χ4n) is 2.20. The molecule has 1 unspecified atom stereocenters. The minimum atomic E-state index is -0.729. The zero-order valence-electron chi connectivity index (χ0n) is 11.9. The number of ether oxygens (including phenoxy) is 1. The zero-order chi connectivity index (χ0) is 14.1. The summed E-state index contributed by atoms with van der Waals surface area (Å²) in [6.45, 7) is 4.86. The van der Waals surface area contributed by atoms with Crippen LogP contribution in [0.1, 0.15) is 25.8 Å². The highest BCUT2D eigenvalue weighted by molar-refractivity contribution is 7.99. The molecule has 19 heavy (non-hydrogen) atoms. The smallest absolute Gasteiger partial charge is 0.330 e. The van der Waals surface area contributed by atoms with E-state index in [1.807, 2.05) is 49.0 Å². The van der Waals surface area contributed by atoms with Crippen LogP contribution >= 0.6 is 11.8 Å². The Morgan fingerprint density at radius 3 is 2.53 bits per heavy atom. The van der Waals surface area contributed by atoms with Crippen LogP contribution in [0.3, 0.4) is 0 Å². The van der Waals surface area contributed by atoms with E-state index in [2.05, 4.69) is 12.2 Å². The van der Waals surface area contributed by atoms with Gasteiger partial charge in [-0.2, -0.15) is 11.8 Å². The second-order valence-corrected chi connectivity index (χ2v) is 5.63. The minimum Gasteiger partial charge on any atom is -0.467 e. The number of carbonyl (C=O) groups is 1. The number of nitrogens with one attached hydrogen (secondary N) is 1. The molecule has 0 saturated heterocycles. The van der Waals surface area contributed by atoms with E-state index in [9.17, 15) is 4.79 Å². The Bertz CT molecular complexity index is 383. The Morgan fingerprint density at radius 1 is 1.32 bits per heavy atom. The van der Waals surface area contributed by atoms with Gasteiger partial charge in [-0.1, -0.05) is 44.2 Å². The number of hydrogen-bond acceptors (Lipinski definition) is 4. The van der Waals surface area contributed by atoms with Crippen molar-refractivity contribution >= 4 is 17.7 Å². The Hall–Kier alpha value is -1.00. The molecular weight excluding hydrogens is 258 g/mol. The molecular formula is C15H23NO2S. The Morgan fingerprint density at radius 2 is 2.00 bits per heavy atom. The maximum atomic E-state index is 12.3. The van der Waals surface area contributed by atoms with Gasteiger partial charge < -0.3 is 4.74 Å². The topological polar surface area (TPSA) is 38.3 Å². The fourth-order valence-corrected chi connectivity index (χ4v) is 2.93. The number of likely N-dealkylation sites (N-methyl/N-ethyl adjacent to an activating group) is 1. The standard InChI is InChI=1S/C15H23NO2S/c1-4-16-15(14(17)18-3,11-12-19-5-2)13-9-7-6-8-10-13/h6-10,16H,4-5,11-12H2,1-3H3. The molecule has 1 aromatic rings. The first kappa shape index (κ1) is 16.1. The van der Waals surface area contributed by atoms with Crippen LogP contribution in [-0.4, -0.2) is 31.1 Å². The van der Waals surface area contributed by atoms with Crippen LogP contribution < -0.4 is 5.32 Å². The van der Waals surface area contributed by atoms with Crippen molar-refractivity contribution in [1.29, 1.82) is 0 Å². The summed E-state index contributed by atoms with van der Waals surface area (Å²) in [5, 5.41) is 3.33. The molecule has 0 saturated carbocycles. The monoisotopic (exact) mass is 281 g/mol. The van der Waals surface area contributed by atoms with E-state index in [-0.39, 0.29) is 5.97 Å². The van der Waals surface area contributed by atoms with Crippen molar-refractivity contribution in [2.24, 2.45) is 0 Å². The van der Waals surface area contributed by atoms with Crippen LogP contribution in [0.4, 0.5) is 0 Å². The molecule has 0 fully saturated rings. The van der Waals surface area contributed by atoms with Crippen LogP contribution in [0, 0.1) is 0 Å². The van der Waals surface area contributed by atoms with Crippen molar-refractivity contribution in [3.05, 3.63) is 35.9 Å². The van der Waals surface area contributed by atoms with Gasteiger partial charge in [0.25, 0.3) is 0 Å². The van der Waals surface area contributed by atoms with Crippen molar-refractivity contribution in [3.8, 4) is 0 Å². The fraction of sp³-hybridized carbons (Fsp3) is 0.533. The first-order valence-corrected chi connectivity index (χ1v) is 7.83. The molecule has 0 aliphatic carbocycles. The van der Waals surface area contributed by atoms with Gasteiger partial charge in [0, 0.05) is 0 Å². The van der Waals surface area contributed by atoms with Crippen molar-refractivity contribution in [1.82, 2.24) is 5.32 Å². The molecule has 1 rings (SSSR count). The Labute approximate surface area is 120 Å². The van der Waals surface area contributed by atoms with E-state index in [0.29, 0.717) is 0 Å². The van der Waals surface area contributed by atoms with Gasteiger partial charge in [-0.15, -0.1) is 0 Å². The second kappa shape index (κ2) is 8.23. The lowest BCUT2D eigenvalue weighted by atomic mass is 9.87. The summed E-state index contributed by atoms with van der Waals surface area (Å²) in [5.41, 5.74) is 0.243. The first-order valence-electron chi connectivity index (χ1n) is 6.68. The number of benzene rings is 1. The Balaban J connectivity index is 3.07. The van der Waals surface area contributed by atoms with Crippen molar-refractivity contribution in [2.45, 2.75) is 25.8 Å². The van der Waals surface area contributed by atoms with E-state index in [0.717, 1.165) is 30.0 Å². The number of carbonyl (C=O) groups excluding carboxylic acids is 1. The third-order valence-electron chi connectivity index (χ3n) is 3.10. The summed E-state index contributed by atoms with van der Waals surface area (Å²) in [6.07, 6.45) is 0.732. The summed E-state index contributed by atoms with van der Waals surface area (Å²) in [5.74, 6) is 1.77. The van der Waals surface area contributed by atoms with E-state index >= 15 is 0 Å². The molecule has 0 heterocycles. The number of hydrogen-bond donors (Lipinski definition) is 1. The number of esters is 1. The molecule has 0 bridgehead atoms. The highest BCUT2D eigenvalue weighted by Gasteiger charge is 2.40. The predicted octanol–water partition coefficient (Wildman–Crippen LogP) is 2.81. The molecule has 0 aliphatic rings. The molecule has 3 nitrogen and oxygen atoms in total. The van der Waals surface area contributed by atoms with E-state index in [1.54, 1.807) is 0 Å². The Kier molecular flexibility index (Phi) is 6.95. The van der Waals surface area contributed by atoms with Crippen molar-refractivity contribution < 1.29 is 9.53 Å². The lowest BCUT2D eigenvalue weighted by molar-refractivity contribution is -0.149. The third-order valence-corrected chi connectivity index (χ3v) is 4.01. The normalized spacial score (nSPS) is 13.8. The molecule has 1 aromatic carbocycles. The van der Waals surface area contributed by atoms with Crippen molar-refractivity contribution in [3.63, 3.8) is 0 Å². The van der Waals surface area contributed by atoms with Gasteiger partial charge in [0.1, 0.15) is 5.54 Å². The van der Waals surface area contributed by atoms with Crippen molar-refractivity contribution in [2.75, 3.05) is 25.2 Å². The second-order valence-electron chi connectivity index (χ2n) is 4.24. The largest absolute Gasteiger partial charge is 0.467 e. The highest BCUT2D eigenvalue weighted by atomic mass is 32.2. The lowest BCUT2D eigenvalue weighted by Gasteiger charge is -2.32. The van der Waals surface area contributed by atoms with Crippen LogP contribution in [0.25, 0.3) is 0 Å². The molecule has 0 aliphatic heterocycles. The minimum absolute atomic E-state index is 0.211. The average Bonchev–Trinajstić information content (AvgIpc) is 2.46. The number of thioether (sulfide) groups is 1. The van der Waals surface area contributed by atoms with Gasteiger partial charge in [0.2, 0.25) is 0 Å². The zero-order valence-corrected chi connectivity index (χ0v) is 12.8. The summed E-state index contributed by atoms with van der Waals surface area (Å²) >= 11 is 1.84. The molecule has 1 N–H and O–H groups in total. The summed E-state index contributed by atoms with van der Waals surface area (Å²) in [7, 11) is 1.45. The van der Waals surface area contributed by atoms with Gasteiger partial charge in [0.05, 0.1) is 7.11 Å². The van der Waals surface area contributed by atoms with Gasteiger partial charge in [0.15, 0.2) is 0 Å². The van der Waals surface area contributed by atoms with E-state index < -0.39 is 5.54 Å². The average molecular weight is 281 g/mol. The maximum absolute atomic E-state index is 12.3. The quantitative estimate of drug-likeness (QED) is 0.587. The van der Waals surface area contributed by atoms with Crippen LogP contribution in [-0.2, 0) is 15.1 Å². The first-order chi connectivity index (χ1) is 9.21. The predicted molar refractivity (Wildman–Crippen MR) is 81.4 cm³/mol. The SMILES string of the molecule is CCNC(CCSCC)(C(=O)OC)c1ccccc1. The highest BCUT2D eigenvalue weighted by Crippen LogP contribution is 2.28. The summed E-state index contributed by atoms with van der Waals surface area (Å²) in [4.78, 5) is 12.3. The lowest BCUT2D eigenvalue weighted by Crippen LogP contribution is -2.50. The van der Waals surface area contributed by atoms with Gasteiger partial charge in [-0.25, -0.2) is 4.79 Å². The van der Waals surface area contributed by atoms with Gasteiger partial charge >= 0.3 is 5.97 Å². The van der Waals surface area contributed by atoms with Crippen LogP contribution in [0.15, 0.2) is 30.3 Å². The van der Waals surface area contributed by atoms with E-state index in [4.69, 9.17) is 4.74 Å². The third kappa shape index (κ3) is 3.98. The summed E-state index contributed by atoms with van der Waals surface area (Å²) in [6, 6.07) is 9.83. The maximum Gasteiger partial charge on any atom is 0.330 e. The molecule has 1 atom stereocenters. The molecule has 0 amide bonds. The molecule has 4 heteroatoms. The summed E-state index contributed by atoms with van der Waals surface area (Å²) < 4.78 is 5.04. The molecule has 106 valence electrons. The van der Waals surface area contributed by atoms with E-state index in [1.165, 1.54) is 7.11 Å². The number of methoxy groups -OCH3 is 1. The number of rotatable bonds is 8.